The van der Waals surface area contributed by atoms with Crippen molar-refractivity contribution in [3.63, 3.8) is 0 Å². The molecule has 0 aliphatic carbocycles. The molecule has 22 heavy (non-hydrogen) atoms. The molecule has 0 fully saturated rings. The van der Waals surface area contributed by atoms with E-state index in [1.54, 1.807) is 6.07 Å². The molecule has 4 nitrogen and oxygen atoms in total. The van der Waals surface area contributed by atoms with Crippen molar-refractivity contribution >= 4 is 10.0 Å². The minimum atomic E-state index is -3.95. The smallest absolute Gasteiger partial charge is 0.245 e. The first-order valence-corrected chi connectivity index (χ1v) is 7.95. The Hall–Kier alpha value is -1.99. The van der Waals surface area contributed by atoms with Gasteiger partial charge in [-0.3, -0.25) is 0 Å². The number of nitrogens with zero attached hydrogens (tertiary/aromatic N) is 1. The third-order valence-electron chi connectivity index (χ3n) is 3.03. The Morgan fingerprint density at radius 3 is 2.23 bits per heavy atom. The van der Waals surface area contributed by atoms with Crippen LogP contribution in [0.3, 0.4) is 0 Å². The van der Waals surface area contributed by atoms with Crippen molar-refractivity contribution in [1.82, 2.24) is 4.31 Å². The van der Waals surface area contributed by atoms with Crippen molar-refractivity contribution in [2.45, 2.75) is 4.90 Å². The molecule has 0 heterocycles. The van der Waals surface area contributed by atoms with E-state index in [2.05, 4.69) is 0 Å². The number of likely N-dealkylation sites (N-methyl/N-ethyl adjacent to an activating group) is 1. The van der Waals surface area contributed by atoms with Crippen LogP contribution in [0.25, 0.3) is 0 Å². The summed E-state index contributed by atoms with van der Waals surface area (Å²) in [6.45, 7) is -0.0872. The fourth-order valence-electron chi connectivity index (χ4n) is 1.79. The second-order valence-corrected chi connectivity index (χ2v) is 6.55. The Labute approximate surface area is 128 Å². The molecule has 0 aromatic heterocycles. The van der Waals surface area contributed by atoms with Crippen molar-refractivity contribution in [2.24, 2.45) is 0 Å². The van der Waals surface area contributed by atoms with Crippen LogP contribution in [0, 0.1) is 11.6 Å². The second kappa shape index (κ2) is 6.85. The SMILES string of the molecule is CN(CCOc1ccccc1F)S(=O)(=O)c1ccccc1F. The van der Waals surface area contributed by atoms with Gasteiger partial charge in [-0.05, 0) is 24.3 Å². The van der Waals surface area contributed by atoms with Gasteiger partial charge >= 0.3 is 0 Å². The van der Waals surface area contributed by atoms with Crippen LogP contribution in [-0.4, -0.2) is 32.9 Å². The maximum Gasteiger partial charge on any atom is 0.245 e. The van der Waals surface area contributed by atoms with Gasteiger partial charge < -0.3 is 4.74 Å². The van der Waals surface area contributed by atoms with Crippen molar-refractivity contribution in [3.8, 4) is 5.75 Å². The minimum Gasteiger partial charge on any atom is -0.489 e. The van der Waals surface area contributed by atoms with Gasteiger partial charge in [-0.25, -0.2) is 17.2 Å². The first-order valence-electron chi connectivity index (χ1n) is 6.51. The Kier molecular flexibility index (Phi) is 5.10. The van der Waals surface area contributed by atoms with Crippen LogP contribution in [0.1, 0.15) is 0 Å². The number of benzene rings is 2. The molecule has 0 saturated heterocycles. The monoisotopic (exact) mass is 327 g/mol. The largest absolute Gasteiger partial charge is 0.489 e. The van der Waals surface area contributed by atoms with Gasteiger partial charge in [-0.15, -0.1) is 0 Å². The number of rotatable bonds is 6. The van der Waals surface area contributed by atoms with Crippen LogP contribution in [0.5, 0.6) is 5.75 Å². The van der Waals surface area contributed by atoms with E-state index in [0.717, 1.165) is 10.4 Å². The van der Waals surface area contributed by atoms with Gasteiger partial charge in [0.15, 0.2) is 11.6 Å². The van der Waals surface area contributed by atoms with Gasteiger partial charge in [-0.2, -0.15) is 4.31 Å². The fraction of sp³-hybridized carbons (Fsp3) is 0.200. The second-order valence-electron chi connectivity index (χ2n) is 4.54. The Bertz CT molecular complexity index is 750. The van der Waals surface area contributed by atoms with E-state index >= 15 is 0 Å². The van der Waals surface area contributed by atoms with Crippen LogP contribution in [0.2, 0.25) is 0 Å². The van der Waals surface area contributed by atoms with E-state index in [0.29, 0.717) is 0 Å². The Morgan fingerprint density at radius 1 is 1.00 bits per heavy atom. The molecule has 0 saturated carbocycles. The lowest BCUT2D eigenvalue weighted by Crippen LogP contribution is -2.31. The molecule has 0 spiro atoms. The highest BCUT2D eigenvalue weighted by molar-refractivity contribution is 7.89. The molecule has 2 rings (SSSR count). The van der Waals surface area contributed by atoms with Gasteiger partial charge in [0.2, 0.25) is 10.0 Å². The van der Waals surface area contributed by atoms with Crippen LogP contribution >= 0.6 is 0 Å². The molecule has 2 aromatic carbocycles. The van der Waals surface area contributed by atoms with Gasteiger partial charge in [0.05, 0.1) is 0 Å². The van der Waals surface area contributed by atoms with Crippen molar-refractivity contribution in [1.29, 1.82) is 0 Å². The number of hydrogen-bond donors (Lipinski definition) is 0. The maximum atomic E-state index is 13.6. The summed E-state index contributed by atoms with van der Waals surface area (Å²) in [5.41, 5.74) is 0. The summed E-state index contributed by atoms with van der Waals surface area (Å²) in [6, 6.07) is 11.0. The van der Waals surface area contributed by atoms with Crippen LogP contribution in [0.4, 0.5) is 8.78 Å². The molecule has 0 amide bonds. The molecule has 7 heteroatoms. The molecule has 0 aliphatic rings. The number of ether oxygens (including phenoxy) is 1. The standard InChI is InChI=1S/C15H15F2NO3S/c1-18(10-11-21-14-8-4-2-6-12(14)16)22(19,20)15-9-5-3-7-13(15)17/h2-9H,10-11H2,1H3. The molecule has 0 radical (unpaired) electrons. The predicted molar refractivity (Wildman–Crippen MR) is 78.1 cm³/mol. The fourth-order valence-corrected chi connectivity index (χ4v) is 3.00. The van der Waals surface area contributed by atoms with E-state index in [9.17, 15) is 17.2 Å². The Morgan fingerprint density at radius 2 is 1.59 bits per heavy atom. The zero-order valence-electron chi connectivity index (χ0n) is 11.9. The quantitative estimate of drug-likeness (QED) is 0.819. The number of hydrogen-bond acceptors (Lipinski definition) is 3. The van der Waals surface area contributed by atoms with E-state index in [-0.39, 0.29) is 18.9 Å². The molecule has 118 valence electrons. The van der Waals surface area contributed by atoms with Crippen LogP contribution in [-0.2, 0) is 10.0 Å². The van der Waals surface area contributed by atoms with E-state index in [1.807, 2.05) is 0 Å². The molecule has 2 aromatic rings. The van der Waals surface area contributed by atoms with E-state index in [1.165, 1.54) is 43.4 Å². The van der Waals surface area contributed by atoms with Gasteiger partial charge in [0.25, 0.3) is 0 Å². The molecule has 0 atom stereocenters. The average molecular weight is 327 g/mol. The molecular formula is C15H15F2NO3S. The average Bonchev–Trinajstić information content (AvgIpc) is 2.49. The first-order chi connectivity index (χ1) is 10.4. The molecular weight excluding hydrogens is 312 g/mol. The third kappa shape index (κ3) is 3.61. The van der Waals surface area contributed by atoms with E-state index in [4.69, 9.17) is 4.74 Å². The number of para-hydroxylation sites is 1. The topological polar surface area (TPSA) is 46.6 Å². The Balaban J connectivity index is 2.02. The highest BCUT2D eigenvalue weighted by Crippen LogP contribution is 2.18. The highest BCUT2D eigenvalue weighted by Gasteiger charge is 2.23. The first kappa shape index (κ1) is 16.4. The van der Waals surface area contributed by atoms with Crippen molar-refractivity contribution in [2.75, 3.05) is 20.2 Å². The molecule has 0 bridgehead atoms. The zero-order valence-corrected chi connectivity index (χ0v) is 12.7. The predicted octanol–water partition coefficient (Wildman–Crippen LogP) is 2.66. The zero-order chi connectivity index (χ0) is 16.2. The third-order valence-corrected chi connectivity index (χ3v) is 4.92. The van der Waals surface area contributed by atoms with Crippen molar-refractivity contribution < 1.29 is 21.9 Å². The summed E-state index contributed by atoms with van der Waals surface area (Å²) in [6.07, 6.45) is 0. The minimum absolute atomic E-state index is 0.0367. The van der Waals surface area contributed by atoms with Gasteiger partial charge in [-0.1, -0.05) is 24.3 Å². The lowest BCUT2D eigenvalue weighted by Gasteiger charge is -2.18. The lowest BCUT2D eigenvalue weighted by atomic mass is 10.3. The molecule has 0 N–H and O–H groups in total. The summed E-state index contributed by atoms with van der Waals surface area (Å²) in [5, 5.41) is 0. The molecule has 0 unspecified atom stereocenters. The normalized spacial score (nSPS) is 11.6. The number of halogens is 2. The maximum absolute atomic E-state index is 13.6. The highest BCUT2D eigenvalue weighted by atomic mass is 32.2. The summed E-state index contributed by atoms with van der Waals surface area (Å²) in [5.74, 6) is -1.30. The molecule has 0 aliphatic heterocycles. The van der Waals surface area contributed by atoms with Gasteiger partial charge in [0, 0.05) is 13.6 Å². The summed E-state index contributed by atoms with van der Waals surface area (Å²) in [4.78, 5) is -0.400. The lowest BCUT2D eigenvalue weighted by molar-refractivity contribution is 0.275. The van der Waals surface area contributed by atoms with E-state index < -0.39 is 26.6 Å². The summed E-state index contributed by atoms with van der Waals surface area (Å²) < 4.78 is 57.6. The summed E-state index contributed by atoms with van der Waals surface area (Å²) in [7, 11) is -2.64. The van der Waals surface area contributed by atoms with Crippen LogP contribution in [0.15, 0.2) is 53.4 Å². The van der Waals surface area contributed by atoms with Crippen LogP contribution < -0.4 is 4.74 Å². The van der Waals surface area contributed by atoms with Crippen molar-refractivity contribution in [3.05, 3.63) is 60.2 Å². The number of sulfonamides is 1. The summed E-state index contributed by atoms with van der Waals surface area (Å²) >= 11 is 0. The van der Waals surface area contributed by atoms with Gasteiger partial charge in [0.1, 0.15) is 17.3 Å².